The van der Waals surface area contributed by atoms with E-state index in [9.17, 15) is 33.6 Å². The number of likely N-dealkylation sites (tertiary alicyclic amines) is 1. The first kappa shape index (κ1) is 40.6. The predicted octanol–water partition coefficient (Wildman–Crippen LogP) is -3.91. The number of thioether (sulfide) groups is 1. The molecule has 0 aromatic carbocycles. The van der Waals surface area contributed by atoms with Gasteiger partial charge in [0.25, 0.3) is 0 Å². The summed E-state index contributed by atoms with van der Waals surface area (Å²) < 4.78 is 21.0. The van der Waals surface area contributed by atoms with E-state index < -0.39 is 29.6 Å². The lowest BCUT2D eigenvalue weighted by Gasteiger charge is -2.16. The SMILES string of the molecule is CN(CC(=O)O)C(=O)CCSC1CC(=O)N(CCNC(=O)COCCOCCNC(=O)COCCOCCNC(=O)CON)C1=O. The van der Waals surface area contributed by atoms with Crippen molar-refractivity contribution in [2.24, 2.45) is 5.90 Å². The van der Waals surface area contributed by atoms with Crippen LogP contribution in [0.25, 0.3) is 0 Å². The number of ether oxygens (including phenoxy) is 4. The highest BCUT2D eigenvalue weighted by Gasteiger charge is 2.38. The van der Waals surface area contributed by atoms with Crippen molar-refractivity contribution < 1.29 is 62.5 Å². The second-order valence-electron chi connectivity index (χ2n) is 9.53. The van der Waals surface area contributed by atoms with E-state index in [2.05, 4.69) is 20.8 Å². The number of nitrogens with zero attached hydrogens (tertiary/aromatic N) is 2. The molecule has 6 amide bonds. The highest BCUT2D eigenvalue weighted by molar-refractivity contribution is 8.00. The summed E-state index contributed by atoms with van der Waals surface area (Å²) in [6, 6.07) is 0. The van der Waals surface area contributed by atoms with Gasteiger partial charge < -0.3 is 44.9 Å². The molecule has 6 N–H and O–H groups in total. The smallest absolute Gasteiger partial charge is 0.323 e. The number of amides is 6. The molecule has 1 atom stereocenters. The van der Waals surface area contributed by atoms with E-state index in [-0.39, 0.29) is 121 Å². The van der Waals surface area contributed by atoms with E-state index in [1.807, 2.05) is 0 Å². The largest absolute Gasteiger partial charge is 0.480 e. The van der Waals surface area contributed by atoms with E-state index in [0.717, 1.165) is 21.6 Å². The molecule has 0 aromatic heterocycles. The maximum absolute atomic E-state index is 12.5. The van der Waals surface area contributed by atoms with Crippen molar-refractivity contribution in [2.75, 3.05) is 105 Å². The number of carboxylic acids is 1. The second-order valence-corrected chi connectivity index (χ2v) is 10.8. The Morgan fingerprint density at radius 1 is 0.848 bits per heavy atom. The zero-order chi connectivity index (χ0) is 34.2. The number of aliphatic carboxylic acids is 1. The molecular weight excluding hydrogens is 636 g/mol. The number of hydrogen-bond acceptors (Lipinski definition) is 14. The van der Waals surface area contributed by atoms with Crippen LogP contribution in [0.3, 0.4) is 0 Å². The number of imide groups is 1. The Bertz CT molecular complexity index is 1010. The monoisotopic (exact) mass is 680 g/mol. The fourth-order valence-electron chi connectivity index (χ4n) is 3.62. The summed E-state index contributed by atoms with van der Waals surface area (Å²) in [4.78, 5) is 88.5. The highest BCUT2D eigenvalue weighted by Crippen LogP contribution is 2.25. The van der Waals surface area contributed by atoms with Crippen LogP contribution in [0.1, 0.15) is 12.8 Å². The van der Waals surface area contributed by atoms with Gasteiger partial charge in [-0.1, -0.05) is 0 Å². The molecule has 1 heterocycles. The molecule has 0 saturated carbocycles. The maximum Gasteiger partial charge on any atom is 0.323 e. The zero-order valence-electron chi connectivity index (χ0n) is 25.8. The van der Waals surface area contributed by atoms with Crippen molar-refractivity contribution in [3.8, 4) is 0 Å². The van der Waals surface area contributed by atoms with Crippen LogP contribution in [0.2, 0.25) is 0 Å². The molecule has 1 aliphatic rings. The average molecular weight is 681 g/mol. The summed E-state index contributed by atoms with van der Waals surface area (Å²) in [5, 5.41) is 15.8. The third-order valence-electron chi connectivity index (χ3n) is 5.86. The van der Waals surface area contributed by atoms with Gasteiger partial charge in [0.05, 0.1) is 44.9 Å². The molecule has 262 valence electrons. The van der Waals surface area contributed by atoms with Crippen LogP contribution in [0.5, 0.6) is 0 Å². The number of likely N-dealkylation sites (N-methyl/N-ethyl adjacent to an activating group) is 1. The summed E-state index contributed by atoms with van der Waals surface area (Å²) in [6.07, 6.45) is 0.0291. The third-order valence-corrected chi connectivity index (χ3v) is 7.07. The molecule has 0 aliphatic carbocycles. The van der Waals surface area contributed by atoms with Gasteiger partial charge in [-0.05, 0) is 0 Å². The Labute approximate surface area is 270 Å². The number of rotatable bonds is 27. The Kier molecular flexibility index (Phi) is 21.9. The molecule has 1 rings (SSSR count). The standard InChI is InChI=1S/C26H44N6O13S/c1-31(15-25(38)39)23(36)2-13-46-19-14-24(37)32(26(19)40)6-3-28-20(33)16-43-11-9-41-7-4-29-21(34)17-44-12-10-42-8-5-30-22(35)18-45-27/h19H,2-18,27H2,1H3,(H,28,33)(H,29,34)(H,30,35)(H,38,39). The van der Waals surface area contributed by atoms with E-state index in [1.165, 1.54) is 7.05 Å². The van der Waals surface area contributed by atoms with Crippen LogP contribution in [0, 0.1) is 0 Å². The summed E-state index contributed by atoms with van der Waals surface area (Å²) in [5.41, 5.74) is 0. The zero-order valence-corrected chi connectivity index (χ0v) is 26.6. The molecule has 46 heavy (non-hydrogen) atoms. The second kappa shape index (κ2) is 24.8. The van der Waals surface area contributed by atoms with Crippen LogP contribution < -0.4 is 21.8 Å². The topological polar surface area (TPSA) is 254 Å². The van der Waals surface area contributed by atoms with Gasteiger partial charge in [0.2, 0.25) is 35.4 Å². The van der Waals surface area contributed by atoms with Crippen LogP contribution >= 0.6 is 11.8 Å². The lowest BCUT2D eigenvalue weighted by Crippen LogP contribution is -2.40. The molecule has 0 bridgehead atoms. The van der Waals surface area contributed by atoms with Crippen LogP contribution in [-0.4, -0.2) is 167 Å². The highest BCUT2D eigenvalue weighted by atomic mass is 32.2. The molecule has 0 aromatic rings. The van der Waals surface area contributed by atoms with Gasteiger partial charge in [0, 0.05) is 51.8 Å². The van der Waals surface area contributed by atoms with E-state index in [4.69, 9.17) is 30.0 Å². The molecule has 1 unspecified atom stereocenters. The predicted molar refractivity (Wildman–Crippen MR) is 160 cm³/mol. The number of nitrogens with two attached hydrogens (primary N) is 1. The third kappa shape index (κ3) is 19.2. The van der Waals surface area contributed by atoms with Crippen LogP contribution in [0.15, 0.2) is 0 Å². The first-order valence-corrected chi connectivity index (χ1v) is 15.4. The van der Waals surface area contributed by atoms with Gasteiger partial charge in [-0.15, -0.1) is 11.8 Å². The van der Waals surface area contributed by atoms with E-state index in [1.54, 1.807) is 0 Å². The molecule has 0 radical (unpaired) electrons. The van der Waals surface area contributed by atoms with E-state index >= 15 is 0 Å². The minimum atomic E-state index is -1.13. The quantitative estimate of drug-likeness (QED) is 0.0316. The Balaban J connectivity index is 1.99. The number of hydrogen-bond donors (Lipinski definition) is 5. The number of carboxylic acid groups (broad SMARTS) is 1. The first-order valence-electron chi connectivity index (χ1n) is 14.4. The number of carbonyl (C=O) groups excluding carboxylic acids is 6. The lowest BCUT2D eigenvalue weighted by molar-refractivity contribution is -0.143. The van der Waals surface area contributed by atoms with Gasteiger partial charge in [0.1, 0.15) is 26.4 Å². The Morgan fingerprint density at radius 3 is 1.91 bits per heavy atom. The summed E-state index contributed by atoms with van der Waals surface area (Å²) >= 11 is 1.16. The van der Waals surface area contributed by atoms with Gasteiger partial charge in [-0.25, -0.2) is 5.90 Å². The Morgan fingerprint density at radius 2 is 1.37 bits per heavy atom. The van der Waals surface area contributed by atoms with Crippen molar-refractivity contribution in [3.05, 3.63) is 0 Å². The molecule has 0 spiro atoms. The van der Waals surface area contributed by atoms with Gasteiger partial charge in [-0.3, -0.25) is 43.3 Å². The summed E-state index contributed by atoms with van der Waals surface area (Å²) in [6.45, 7) is 0.813. The average Bonchev–Trinajstić information content (AvgIpc) is 3.27. The van der Waals surface area contributed by atoms with Crippen molar-refractivity contribution in [2.45, 2.75) is 18.1 Å². The normalized spacial score (nSPS) is 14.3. The first-order chi connectivity index (χ1) is 22.0. The van der Waals surface area contributed by atoms with Crippen molar-refractivity contribution in [1.82, 2.24) is 25.8 Å². The minimum Gasteiger partial charge on any atom is -0.480 e. The molecule has 20 heteroatoms. The summed E-state index contributed by atoms with van der Waals surface area (Å²) in [7, 11) is 1.38. The maximum atomic E-state index is 12.5. The summed E-state index contributed by atoms with van der Waals surface area (Å²) in [5.74, 6) is 1.66. The minimum absolute atomic E-state index is 0.00174. The molecular formula is C26H44N6O13S. The molecule has 1 fully saturated rings. The fraction of sp³-hybridized carbons (Fsp3) is 0.731. The van der Waals surface area contributed by atoms with Crippen LogP contribution in [-0.2, 0) is 57.3 Å². The number of nitrogens with one attached hydrogen (secondary N) is 3. The van der Waals surface area contributed by atoms with Crippen molar-refractivity contribution >= 4 is 53.2 Å². The van der Waals surface area contributed by atoms with Gasteiger partial charge >= 0.3 is 5.97 Å². The van der Waals surface area contributed by atoms with Crippen molar-refractivity contribution in [1.29, 1.82) is 0 Å². The Hall–Kier alpha value is -3.40. The molecule has 1 aliphatic heterocycles. The van der Waals surface area contributed by atoms with Gasteiger partial charge in [-0.2, -0.15) is 0 Å². The van der Waals surface area contributed by atoms with Gasteiger partial charge in [0.15, 0.2) is 0 Å². The molecule has 1 saturated heterocycles. The number of carbonyl (C=O) groups is 7. The lowest BCUT2D eigenvalue weighted by atomic mass is 10.3. The molecule has 19 nitrogen and oxygen atoms in total. The van der Waals surface area contributed by atoms with Crippen LogP contribution in [0.4, 0.5) is 0 Å². The fourth-order valence-corrected chi connectivity index (χ4v) is 4.73. The van der Waals surface area contributed by atoms with Crippen molar-refractivity contribution in [3.63, 3.8) is 0 Å². The van der Waals surface area contributed by atoms with E-state index in [0.29, 0.717) is 6.54 Å².